The molecule has 2 rings (SSSR count). The fraction of sp³-hybridized carbons (Fsp3) is 0.429. The first-order valence-corrected chi connectivity index (χ1v) is 7.32. The molecule has 0 spiro atoms. The van der Waals surface area contributed by atoms with E-state index in [2.05, 4.69) is 22.4 Å². The van der Waals surface area contributed by atoms with E-state index in [0.717, 1.165) is 30.9 Å². The predicted molar refractivity (Wildman–Crippen MR) is 76.9 cm³/mol. The van der Waals surface area contributed by atoms with Crippen LogP contribution < -0.4 is 5.32 Å². The molecule has 5 heteroatoms. The number of hydrogen-bond donors (Lipinski definition) is 1. The lowest BCUT2D eigenvalue weighted by atomic mass is 10.1. The quantitative estimate of drug-likeness (QED) is 0.825. The van der Waals surface area contributed by atoms with Gasteiger partial charge in [0.2, 0.25) is 0 Å². The zero-order valence-electron chi connectivity index (χ0n) is 11.2. The smallest absolute Gasteiger partial charge is 0.150 e. The molecule has 0 unspecified atom stereocenters. The number of aryl methyl sites for hydroxylation is 2. The second-order valence-corrected chi connectivity index (χ2v) is 5.46. The van der Waals surface area contributed by atoms with E-state index in [1.165, 1.54) is 11.3 Å². The van der Waals surface area contributed by atoms with Crippen LogP contribution in [0.5, 0.6) is 0 Å². The number of rotatable bonds is 6. The zero-order chi connectivity index (χ0) is 13.7. The summed E-state index contributed by atoms with van der Waals surface area (Å²) in [5, 5.41) is 13.1. The van der Waals surface area contributed by atoms with Crippen LogP contribution in [0, 0.1) is 12.7 Å². The van der Waals surface area contributed by atoms with Gasteiger partial charge in [-0.3, -0.25) is 0 Å². The number of aromatic nitrogens is 2. The Bertz CT molecular complexity index is 539. The van der Waals surface area contributed by atoms with E-state index in [1.807, 2.05) is 6.07 Å². The molecule has 0 bridgehead atoms. The van der Waals surface area contributed by atoms with E-state index in [9.17, 15) is 4.39 Å². The van der Waals surface area contributed by atoms with Crippen LogP contribution >= 0.6 is 11.3 Å². The summed E-state index contributed by atoms with van der Waals surface area (Å²) in [5.74, 6) is -0.196. The highest BCUT2D eigenvalue weighted by molar-refractivity contribution is 7.14. The Kier molecular flexibility index (Phi) is 4.99. The van der Waals surface area contributed by atoms with Gasteiger partial charge in [-0.15, -0.1) is 10.2 Å². The monoisotopic (exact) mass is 279 g/mol. The lowest BCUT2D eigenvalue weighted by Gasteiger charge is -2.00. The second-order valence-electron chi connectivity index (χ2n) is 4.39. The van der Waals surface area contributed by atoms with Crippen LogP contribution in [-0.4, -0.2) is 23.3 Å². The maximum atomic E-state index is 14.0. The summed E-state index contributed by atoms with van der Waals surface area (Å²) in [7, 11) is 0. The lowest BCUT2D eigenvalue weighted by molar-refractivity contribution is 0.621. The van der Waals surface area contributed by atoms with Gasteiger partial charge in [0.25, 0.3) is 0 Å². The van der Waals surface area contributed by atoms with E-state index in [-0.39, 0.29) is 5.82 Å². The third-order valence-corrected chi connectivity index (χ3v) is 3.90. The molecule has 0 radical (unpaired) electrons. The number of hydrogen-bond acceptors (Lipinski definition) is 4. The largest absolute Gasteiger partial charge is 0.317 e. The van der Waals surface area contributed by atoms with Gasteiger partial charge in [-0.25, -0.2) is 4.39 Å². The first kappa shape index (κ1) is 14.1. The third-order valence-electron chi connectivity index (χ3n) is 2.88. The summed E-state index contributed by atoms with van der Waals surface area (Å²) in [6, 6.07) is 5.36. The Hall–Kier alpha value is -1.33. The van der Waals surface area contributed by atoms with Crippen molar-refractivity contribution >= 4 is 11.3 Å². The fourth-order valence-electron chi connectivity index (χ4n) is 1.82. The second kappa shape index (κ2) is 6.73. The van der Waals surface area contributed by atoms with Crippen molar-refractivity contribution < 1.29 is 4.39 Å². The summed E-state index contributed by atoms with van der Waals surface area (Å²) < 4.78 is 14.0. The molecule has 0 atom stereocenters. The summed E-state index contributed by atoms with van der Waals surface area (Å²) in [4.78, 5) is 0. The lowest BCUT2D eigenvalue weighted by Crippen LogP contribution is -2.14. The summed E-state index contributed by atoms with van der Waals surface area (Å²) >= 11 is 1.48. The minimum atomic E-state index is -0.196. The van der Waals surface area contributed by atoms with E-state index in [4.69, 9.17) is 0 Å². The molecule has 0 amide bonds. The Balaban J connectivity index is 2.06. The molecule has 102 valence electrons. The minimum absolute atomic E-state index is 0.196. The van der Waals surface area contributed by atoms with E-state index < -0.39 is 0 Å². The molecule has 1 aromatic carbocycles. The van der Waals surface area contributed by atoms with Crippen molar-refractivity contribution in [2.75, 3.05) is 13.1 Å². The summed E-state index contributed by atoms with van der Waals surface area (Å²) in [6.45, 7) is 5.81. The van der Waals surface area contributed by atoms with Crippen molar-refractivity contribution in [3.8, 4) is 10.6 Å². The highest BCUT2D eigenvalue weighted by Crippen LogP contribution is 2.27. The summed E-state index contributed by atoms with van der Waals surface area (Å²) in [5.41, 5.74) is 1.19. The zero-order valence-corrected chi connectivity index (χ0v) is 12.1. The first-order chi connectivity index (χ1) is 9.22. The van der Waals surface area contributed by atoms with Crippen molar-refractivity contribution in [3.05, 3.63) is 34.6 Å². The number of benzene rings is 1. The van der Waals surface area contributed by atoms with Gasteiger partial charge >= 0.3 is 0 Å². The topological polar surface area (TPSA) is 37.8 Å². The molecule has 0 fully saturated rings. The fourth-order valence-corrected chi connectivity index (χ4v) is 2.72. The highest BCUT2D eigenvalue weighted by Gasteiger charge is 2.12. The van der Waals surface area contributed by atoms with Crippen LogP contribution in [-0.2, 0) is 6.42 Å². The molecule has 0 aliphatic rings. The van der Waals surface area contributed by atoms with Gasteiger partial charge in [0.05, 0.1) is 0 Å². The van der Waals surface area contributed by atoms with E-state index in [1.54, 1.807) is 19.1 Å². The number of nitrogens with one attached hydrogen (secondary N) is 1. The Morgan fingerprint density at radius 1 is 1.32 bits per heavy atom. The van der Waals surface area contributed by atoms with Crippen LogP contribution in [0.1, 0.15) is 23.9 Å². The maximum absolute atomic E-state index is 14.0. The van der Waals surface area contributed by atoms with Crippen LogP contribution in [0.25, 0.3) is 10.6 Å². The normalized spacial score (nSPS) is 10.9. The SMILES string of the molecule is CCNCCCc1nnc(-c2cccc(C)c2F)s1. The number of halogens is 1. The highest BCUT2D eigenvalue weighted by atomic mass is 32.1. The van der Waals surface area contributed by atoms with Gasteiger partial charge in [-0.2, -0.15) is 0 Å². The summed E-state index contributed by atoms with van der Waals surface area (Å²) in [6.07, 6.45) is 1.91. The molecule has 1 N–H and O–H groups in total. The molecule has 0 aliphatic heterocycles. The van der Waals surface area contributed by atoms with Gasteiger partial charge in [-0.1, -0.05) is 30.4 Å². The van der Waals surface area contributed by atoms with Gasteiger partial charge in [0, 0.05) is 12.0 Å². The van der Waals surface area contributed by atoms with Crippen molar-refractivity contribution in [1.29, 1.82) is 0 Å². The van der Waals surface area contributed by atoms with Crippen molar-refractivity contribution in [2.45, 2.75) is 26.7 Å². The van der Waals surface area contributed by atoms with Crippen LogP contribution in [0.2, 0.25) is 0 Å². The van der Waals surface area contributed by atoms with Crippen LogP contribution in [0.15, 0.2) is 18.2 Å². The molecule has 1 aromatic heterocycles. The van der Waals surface area contributed by atoms with Gasteiger partial charge in [-0.05, 0) is 38.1 Å². The van der Waals surface area contributed by atoms with Crippen LogP contribution in [0.4, 0.5) is 4.39 Å². The molecule has 0 saturated carbocycles. The van der Waals surface area contributed by atoms with Gasteiger partial charge in [0.15, 0.2) is 5.01 Å². The predicted octanol–water partition coefficient (Wildman–Crippen LogP) is 3.19. The molecule has 3 nitrogen and oxygen atoms in total. The molecular formula is C14H18FN3S. The molecule has 19 heavy (non-hydrogen) atoms. The van der Waals surface area contributed by atoms with Crippen molar-refractivity contribution in [1.82, 2.24) is 15.5 Å². The minimum Gasteiger partial charge on any atom is -0.317 e. The van der Waals surface area contributed by atoms with Crippen molar-refractivity contribution in [3.63, 3.8) is 0 Å². The average molecular weight is 279 g/mol. The molecule has 1 heterocycles. The van der Waals surface area contributed by atoms with E-state index >= 15 is 0 Å². The first-order valence-electron chi connectivity index (χ1n) is 6.51. The Labute approximate surface area is 116 Å². The van der Waals surface area contributed by atoms with Gasteiger partial charge in [0.1, 0.15) is 10.8 Å². The molecule has 0 aliphatic carbocycles. The molecule has 0 saturated heterocycles. The van der Waals surface area contributed by atoms with E-state index in [0.29, 0.717) is 16.1 Å². The van der Waals surface area contributed by atoms with Crippen LogP contribution in [0.3, 0.4) is 0 Å². The maximum Gasteiger partial charge on any atom is 0.150 e. The molecule has 2 aromatic rings. The average Bonchev–Trinajstić information content (AvgIpc) is 2.87. The Morgan fingerprint density at radius 3 is 2.95 bits per heavy atom. The third kappa shape index (κ3) is 3.58. The molecular weight excluding hydrogens is 261 g/mol. The van der Waals surface area contributed by atoms with Crippen molar-refractivity contribution in [2.24, 2.45) is 0 Å². The Morgan fingerprint density at radius 2 is 2.16 bits per heavy atom. The number of nitrogens with zero attached hydrogens (tertiary/aromatic N) is 2. The van der Waals surface area contributed by atoms with Gasteiger partial charge < -0.3 is 5.32 Å². The standard InChI is InChI=1S/C14H18FN3S/c1-3-16-9-5-8-12-17-18-14(19-12)11-7-4-6-10(2)13(11)15/h4,6-7,16H,3,5,8-9H2,1-2H3.